The van der Waals surface area contributed by atoms with Crippen LogP contribution in [-0.4, -0.2) is 40.0 Å². The topological polar surface area (TPSA) is 80.6 Å². The molecule has 0 radical (unpaired) electrons. The molecule has 0 aliphatic carbocycles. The highest BCUT2D eigenvalue weighted by Crippen LogP contribution is 2.16. The Balaban J connectivity index is 0.000000160. The van der Waals surface area contributed by atoms with E-state index >= 15 is 0 Å². The Labute approximate surface area is 130 Å². The number of hydrogen-bond donors (Lipinski definition) is 2. The van der Waals surface area contributed by atoms with Crippen LogP contribution in [0.25, 0.3) is 11.0 Å². The number of aromatic amines is 1. The fourth-order valence-electron chi connectivity index (χ4n) is 2.48. The maximum atomic E-state index is 8.43. The third-order valence-corrected chi connectivity index (χ3v) is 3.68. The van der Waals surface area contributed by atoms with Gasteiger partial charge >= 0.3 is 0 Å². The molecule has 1 saturated heterocycles. The predicted octanol–water partition coefficient (Wildman–Crippen LogP) is 2.90. The van der Waals surface area contributed by atoms with Gasteiger partial charge in [0.2, 0.25) is 0 Å². The van der Waals surface area contributed by atoms with Gasteiger partial charge in [0.1, 0.15) is 17.8 Å². The maximum absolute atomic E-state index is 8.43. The number of nitrogens with zero attached hydrogens (tertiary/aromatic N) is 4. The van der Waals surface area contributed by atoms with Crippen molar-refractivity contribution in [2.75, 3.05) is 25.5 Å². The molecule has 6 nitrogen and oxygen atoms in total. The van der Waals surface area contributed by atoms with Gasteiger partial charge in [-0.25, -0.2) is 9.97 Å². The fourth-order valence-corrected chi connectivity index (χ4v) is 2.48. The van der Waals surface area contributed by atoms with Gasteiger partial charge in [-0.15, -0.1) is 0 Å². The van der Waals surface area contributed by atoms with Crippen molar-refractivity contribution in [3.05, 3.63) is 30.9 Å². The van der Waals surface area contributed by atoms with Gasteiger partial charge in [-0.05, 0) is 25.3 Å². The molecule has 1 fully saturated rings. The maximum Gasteiger partial charge on any atom is 0.142 e. The number of hydrogen-bond acceptors (Lipinski definition) is 5. The highest BCUT2D eigenvalue weighted by molar-refractivity contribution is 5.86. The lowest BCUT2D eigenvalue weighted by Crippen LogP contribution is -2.28. The van der Waals surface area contributed by atoms with Crippen molar-refractivity contribution in [3.8, 4) is 6.07 Å². The number of H-pyrrole nitrogens is 1. The number of aromatic nitrogens is 3. The lowest BCUT2D eigenvalue weighted by Gasteiger charge is -2.29. The smallest absolute Gasteiger partial charge is 0.142 e. The van der Waals surface area contributed by atoms with Crippen LogP contribution in [0.2, 0.25) is 0 Å². The number of rotatable bonds is 3. The summed E-state index contributed by atoms with van der Waals surface area (Å²) in [6, 6.07) is 4.07. The van der Waals surface area contributed by atoms with Crippen LogP contribution >= 0.6 is 0 Å². The van der Waals surface area contributed by atoms with Crippen LogP contribution in [0.4, 0.5) is 5.82 Å². The van der Waals surface area contributed by atoms with Gasteiger partial charge in [-0.1, -0.05) is 6.58 Å². The molecule has 3 heterocycles. The Morgan fingerprint density at radius 1 is 1.41 bits per heavy atom. The summed E-state index contributed by atoms with van der Waals surface area (Å²) >= 11 is 0. The summed E-state index contributed by atoms with van der Waals surface area (Å²) in [6.07, 6.45) is 7.70. The van der Waals surface area contributed by atoms with Crippen molar-refractivity contribution in [3.63, 3.8) is 0 Å². The van der Waals surface area contributed by atoms with Crippen LogP contribution in [0.1, 0.15) is 25.7 Å². The van der Waals surface area contributed by atoms with Gasteiger partial charge in [0.05, 0.1) is 17.9 Å². The standard InChI is InChI=1S/C9H14N2.C7H8N4/c1-9(5-6-10)11-7-3-2-4-8-11;1-8-6-5-2-3-9-7(5)11-4-10-6/h1-5,7-8H2;2-4H,1H3,(H2,8,9,10,11). The minimum absolute atomic E-state index is 0.486. The molecule has 2 aromatic rings. The third kappa shape index (κ3) is 3.98. The van der Waals surface area contributed by atoms with Crippen molar-refractivity contribution in [2.45, 2.75) is 25.7 Å². The van der Waals surface area contributed by atoms with Crippen LogP contribution in [0.5, 0.6) is 0 Å². The molecular weight excluding hydrogens is 276 g/mol. The van der Waals surface area contributed by atoms with Crippen molar-refractivity contribution < 1.29 is 0 Å². The summed E-state index contributed by atoms with van der Waals surface area (Å²) in [7, 11) is 1.84. The number of piperidine rings is 1. The second-order valence-electron chi connectivity index (χ2n) is 5.16. The van der Waals surface area contributed by atoms with Crippen LogP contribution in [0, 0.1) is 11.3 Å². The number of nitriles is 1. The minimum Gasteiger partial charge on any atom is -0.374 e. The molecule has 1 aliphatic heterocycles. The van der Waals surface area contributed by atoms with Crippen molar-refractivity contribution in [1.29, 1.82) is 5.26 Å². The molecule has 0 unspecified atom stereocenters. The molecule has 2 aromatic heterocycles. The number of fused-ring (bicyclic) bond motifs is 1. The van der Waals surface area contributed by atoms with Crippen molar-refractivity contribution >= 4 is 16.9 Å². The Morgan fingerprint density at radius 3 is 2.86 bits per heavy atom. The quantitative estimate of drug-likeness (QED) is 0.910. The van der Waals surface area contributed by atoms with Crippen LogP contribution < -0.4 is 5.32 Å². The summed E-state index contributed by atoms with van der Waals surface area (Å²) in [5, 5.41) is 12.4. The summed E-state index contributed by atoms with van der Waals surface area (Å²) in [6.45, 7) is 6.07. The van der Waals surface area contributed by atoms with Gasteiger partial charge in [0.25, 0.3) is 0 Å². The van der Waals surface area contributed by atoms with E-state index in [2.05, 4.69) is 37.8 Å². The molecular formula is C16H22N6. The molecule has 1 aliphatic rings. The molecule has 0 spiro atoms. The zero-order chi connectivity index (χ0) is 15.8. The number of anilines is 1. The van der Waals surface area contributed by atoms with E-state index in [-0.39, 0.29) is 0 Å². The first kappa shape index (κ1) is 15.8. The van der Waals surface area contributed by atoms with E-state index < -0.39 is 0 Å². The van der Waals surface area contributed by atoms with Gasteiger partial charge in [0.15, 0.2) is 0 Å². The first-order chi connectivity index (χ1) is 10.8. The normalized spacial score (nSPS) is 13.9. The van der Waals surface area contributed by atoms with Crippen LogP contribution in [-0.2, 0) is 0 Å². The predicted molar refractivity (Wildman–Crippen MR) is 88.2 cm³/mol. The molecule has 116 valence electrons. The highest BCUT2D eigenvalue weighted by atomic mass is 15.1. The van der Waals surface area contributed by atoms with Crippen molar-refractivity contribution in [1.82, 2.24) is 19.9 Å². The van der Waals surface area contributed by atoms with Crippen molar-refractivity contribution in [2.24, 2.45) is 0 Å². The molecule has 0 saturated carbocycles. The number of nitrogens with one attached hydrogen (secondary N) is 2. The Morgan fingerprint density at radius 2 is 2.18 bits per heavy atom. The molecule has 0 amide bonds. The Kier molecular flexibility index (Phi) is 5.78. The first-order valence-corrected chi connectivity index (χ1v) is 7.51. The van der Waals surface area contributed by atoms with E-state index in [1.54, 1.807) is 0 Å². The zero-order valence-electron chi connectivity index (χ0n) is 13.0. The molecule has 2 N–H and O–H groups in total. The van der Waals surface area contributed by atoms with E-state index in [1.165, 1.54) is 25.6 Å². The Hall–Kier alpha value is -2.55. The van der Waals surface area contributed by atoms with Crippen LogP contribution in [0.3, 0.4) is 0 Å². The van der Waals surface area contributed by atoms with Gasteiger partial charge in [0, 0.05) is 32.0 Å². The summed E-state index contributed by atoms with van der Waals surface area (Å²) in [5.74, 6) is 0.858. The lowest BCUT2D eigenvalue weighted by atomic mass is 10.1. The van der Waals surface area contributed by atoms with E-state index in [4.69, 9.17) is 5.26 Å². The largest absolute Gasteiger partial charge is 0.374 e. The summed E-state index contributed by atoms with van der Waals surface area (Å²) < 4.78 is 0. The molecule has 3 rings (SSSR count). The minimum atomic E-state index is 0.486. The first-order valence-electron chi connectivity index (χ1n) is 7.51. The summed E-state index contributed by atoms with van der Waals surface area (Å²) in [5.41, 5.74) is 1.86. The third-order valence-electron chi connectivity index (χ3n) is 3.68. The summed E-state index contributed by atoms with van der Waals surface area (Å²) in [4.78, 5) is 13.3. The van der Waals surface area contributed by atoms with E-state index in [1.807, 2.05) is 19.3 Å². The van der Waals surface area contributed by atoms with Gasteiger partial charge < -0.3 is 15.2 Å². The number of likely N-dealkylation sites (tertiary alicyclic amines) is 1. The molecule has 0 atom stereocenters. The average molecular weight is 298 g/mol. The average Bonchev–Trinajstić information content (AvgIpc) is 3.05. The second-order valence-corrected chi connectivity index (χ2v) is 5.16. The zero-order valence-corrected chi connectivity index (χ0v) is 13.0. The monoisotopic (exact) mass is 298 g/mol. The molecule has 0 bridgehead atoms. The Bertz CT molecular complexity index is 648. The SMILES string of the molecule is C=C(CC#N)N1CCCCC1.CNc1ncnc2[nH]ccc12. The number of allylic oxidation sites excluding steroid dienone is 1. The highest BCUT2D eigenvalue weighted by Gasteiger charge is 2.10. The fraction of sp³-hybridized carbons (Fsp3) is 0.438. The second kappa shape index (κ2) is 8.03. The molecule has 0 aromatic carbocycles. The van der Waals surface area contributed by atoms with E-state index in [0.29, 0.717) is 6.42 Å². The van der Waals surface area contributed by atoms with Crippen LogP contribution in [0.15, 0.2) is 30.9 Å². The van der Waals surface area contributed by atoms with E-state index in [9.17, 15) is 0 Å². The lowest BCUT2D eigenvalue weighted by molar-refractivity contribution is 0.283. The van der Waals surface area contributed by atoms with Gasteiger partial charge in [-0.3, -0.25) is 0 Å². The molecule has 6 heteroatoms. The van der Waals surface area contributed by atoms with E-state index in [0.717, 1.165) is 35.6 Å². The van der Waals surface area contributed by atoms with Gasteiger partial charge in [-0.2, -0.15) is 5.26 Å². The molecule has 22 heavy (non-hydrogen) atoms.